The number of sulfonamides is 1. The summed E-state index contributed by atoms with van der Waals surface area (Å²) >= 11 is 0. The van der Waals surface area contributed by atoms with Crippen molar-refractivity contribution in [3.8, 4) is 0 Å². The molecule has 2 atom stereocenters. The molecular weight excluding hydrogens is 508 g/mol. The fourth-order valence-electron chi connectivity index (χ4n) is 4.26. The van der Waals surface area contributed by atoms with Crippen LogP contribution in [0, 0.1) is 0 Å². The topological polar surface area (TPSA) is 145 Å². The summed E-state index contributed by atoms with van der Waals surface area (Å²) in [6, 6.07) is 20.6. The molecule has 198 valence electrons. The number of rotatable bonds is 9. The van der Waals surface area contributed by atoms with Gasteiger partial charge in [0.15, 0.2) is 0 Å². The van der Waals surface area contributed by atoms with Gasteiger partial charge in [0.25, 0.3) is 10.0 Å². The molecule has 0 aromatic heterocycles. The number of hydrogen-bond acceptors (Lipinski definition) is 5. The molecule has 4 rings (SSSR count). The average molecular weight is 537 g/mol. The molecule has 0 fully saturated rings. The molecule has 1 heterocycles. The standard InChI is InChI=1S/C27H28N4O6S/c32-25(30-22(26(33)34)18-29-27(35)28-17-19-9-3-1-4-10-19)24-16-15-20-11-7-8-14-23(20)31(24)38(36,37)21-12-5-2-6-13-21/h1-14,22,24H,15-18H2,(H,30,32)(H,33,34)(H2,28,29,35). The van der Waals surface area contributed by atoms with Gasteiger partial charge < -0.3 is 21.1 Å². The Morgan fingerprint density at radius 3 is 2.21 bits per heavy atom. The lowest BCUT2D eigenvalue weighted by Gasteiger charge is -2.37. The summed E-state index contributed by atoms with van der Waals surface area (Å²) in [5.74, 6) is -2.13. The number of fused-ring (bicyclic) bond motifs is 1. The lowest BCUT2D eigenvalue weighted by atomic mass is 9.97. The van der Waals surface area contributed by atoms with E-state index >= 15 is 0 Å². The molecule has 0 saturated heterocycles. The van der Waals surface area contributed by atoms with Crippen LogP contribution in [-0.2, 0) is 32.6 Å². The van der Waals surface area contributed by atoms with Gasteiger partial charge in [0.2, 0.25) is 5.91 Å². The molecule has 4 N–H and O–H groups in total. The first-order chi connectivity index (χ1) is 18.3. The van der Waals surface area contributed by atoms with E-state index < -0.39 is 46.6 Å². The summed E-state index contributed by atoms with van der Waals surface area (Å²) in [6.07, 6.45) is 0.596. The van der Waals surface area contributed by atoms with Crippen molar-refractivity contribution in [2.24, 2.45) is 0 Å². The van der Waals surface area contributed by atoms with Crippen LogP contribution in [0.5, 0.6) is 0 Å². The molecule has 11 heteroatoms. The Morgan fingerprint density at radius 1 is 0.895 bits per heavy atom. The van der Waals surface area contributed by atoms with Crippen molar-refractivity contribution in [1.82, 2.24) is 16.0 Å². The number of benzene rings is 3. The first-order valence-electron chi connectivity index (χ1n) is 12.0. The minimum Gasteiger partial charge on any atom is -0.480 e. The Hall–Kier alpha value is -4.38. The number of urea groups is 1. The molecule has 0 radical (unpaired) electrons. The highest BCUT2D eigenvalue weighted by Gasteiger charge is 2.40. The zero-order valence-corrected chi connectivity index (χ0v) is 21.2. The summed E-state index contributed by atoms with van der Waals surface area (Å²) in [5.41, 5.74) is 2.00. The number of carbonyl (C=O) groups excluding carboxylic acids is 2. The minimum absolute atomic E-state index is 0.0149. The zero-order valence-electron chi connectivity index (χ0n) is 20.4. The van der Waals surface area contributed by atoms with E-state index in [4.69, 9.17) is 0 Å². The minimum atomic E-state index is -4.14. The van der Waals surface area contributed by atoms with E-state index in [0.29, 0.717) is 12.1 Å². The maximum Gasteiger partial charge on any atom is 0.328 e. The van der Waals surface area contributed by atoms with Gasteiger partial charge in [-0.05, 0) is 42.2 Å². The van der Waals surface area contributed by atoms with Crippen molar-refractivity contribution in [3.63, 3.8) is 0 Å². The second kappa shape index (κ2) is 11.8. The van der Waals surface area contributed by atoms with Gasteiger partial charge in [-0.3, -0.25) is 9.10 Å². The lowest BCUT2D eigenvalue weighted by molar-refractivity contribution is -0.141. The van der Waals surface area contributed by atoms with Gasteiger partial charge in [-0.2, -0.15) is 0 Å². The molecule has 10 nitrogen and oxygen atoms in total. The molecule has 1 aliphatic heterocycles. The van der Waals surface area contributed by atoms with Crippen LogP contribution < -0.4 is 20.3 Å². The SMILES string of the molecule is O=C(NCc1ccccc1)NCC(NC(=O)C1CCc2ccccc2N1S(=O)(=O)c1ccccc1)C(=O)O. The van der Waals surface area contributed by atoms with Gasteiger partial charge in [0.1, 0.15) is 12.1 Å². The van der Waals surface area contributed by atoms with Gasteiger partial charge >= 0.3 is 12.0 Å². The Labute approximate surface area is 220 Å². The van der Waals surface area contributed by atoms with Crippen molar-refractivity contribution in [3.05, 3.63) is 96.1 Å². The number of carboxylic acid groups (broad SMARTS) is 1. The summed E-state index contributed by atoms with van der Waals surface area (Å²) in [7, 11) is -4.14. The van der Waals surface area contributed by atoms with Crippen LogP contribution in [0.4, 0.5) is 10.5 Å². The first-order valence-corrected chi connectivity index (χ1v) is 13.5. The lowest BCUT2D eigenvalue weighted by Crippen LogP contribution is -2.57. The second-order valence-corrected chi connectivity index (χ2v) is 10.6. The second-order valence-electron chi connectivity index (χ2n) is 8.75. The maximum absolute atomic E-state index is 13.7. The average Bonchev–Trinajstić information content (AvgIpc) is 2.94. The summed E-state index contributed by atoms with van der Waals surface area (Å²) in [6.45, 7) is -0.152. The van der Waals surface area contributed by atoms with Gasteiger partial charge in [-0.1, -0.05) is 66.7 Å². The third-order valence-electron chi connectivity index (χ3n) is 6.18. The van der Waals surface area contributed by atoms with Crippen LogP contribution in [0.25, 0.3) is 0 Å². The smallest absolute Gasteiger partial charge is 0.328 e. The molecule has 0 spiro atoms. The maximum atomic E-state index is 13.7. The summed E-state index contributed by atoms with van der Waals surface area (Å²) in [5, 5.41) is 17.2. The Kier molecular flexibility index (Phi) is 8.27. The monoisotopic (exact) mass is 536 g/mol. The van der Waals surface area contributed by atoms with Crippen LogP contribution in [0.3, 0.4) is 0 Å². The Balaban J connectivity index is 1.49. The molecule has 3 amide bonds. The van der Waals surface area contributed by atoms with Crippen LogP contribution in [0.2, 0.25) is 0 Å². The number of nitrogens with zero attached hydrogens (tertiary/aromatic N) is 1. The molecule has 38 heavy (non-hydrogen) atoms. The van der Waals surface area contributed by atoms with Crippen molar-refractivity contribution in [1.29, 1.82) is 0 Å². The number of aryl methyl sites for hydroxylation is 1. The van der Waals surface area contributed by atoms with E-state index in [1.807, 2.05) is 30.3 Å². The highest BCUT2D eigenvalue weighted by molar-refractivity contribution is 7.93. The molecule has 3 aromatic carbocycles. The van der Waals surface area contributed by atoms with Crippen LogP contribution in [0.15, 0.2) is 89.8 Å². The molecule has 0 aliphatic carbocycles. The molecule has 2 unspecified atom stereocenters. The summed E-state index contributed by atoms with van der Waals surface area (Å²) in [4.78, 5) is 37.5. The highest BCUT2D eigenvalue weighted by Crippen LogP contribution is 2.35. The van der Waals surface area contributed by atoms with E-state index in [1.54, 1.807) is 42.5 Å². The molecule has 0 saturated carbocycles. The molecule has 1 aliphatic rings. The van der Waals surface area contributed by atoms with Gasteiger partial charge in [0.05, 0.1) is 17.1 Å². The third kappa shape index (κ3) is 6.12. The number of amides is 3. The number of anilines is 1. The molecule has 0 bridgehead atoms. The van der Waals surface area contributed by atoms with Gasteiger partial charge in [-0.25, -0.2) is 18.0 Å². The number of nitrogens with one attached hydrogen (secondary N) is 3. The third-order valence-corrected chi connectivity index (χ3v) is 8.02. The first kappa shape index (κ1) is 26.7. The number of para-hydroxylation sites is 1. The van der Waals surface area contributed by atoms with E-state index in [-0.39, 0.29) is 17.9 Å². The van der Waals surface area contributed by atoms with E-state index in [9.17, 15) is 27.9 Å². The zero-order chi connectivity index (χ0) is 27.1. The molecular formula is C27H28N4O6S. The van der Waals surface area contributed by atoms with E-state index in [0.717, 1.165) is 15.4 Å². The van der Waals surface area contributed by atoms with Crippen molar-refractivity contribution >= 4 is 33.6 Å². The number of aliphatic carboxylic acids is 1. The Bertz CT molecular complexity index is 1400. The van der Waals surface area contributed by atoms with Crippen molar-refractivity contribution in [2.75, 3.05) is 10.8 Å². The van der Waals surface area contributed by atoms with E-state index in [2.05, 4.69) is 16.0 Å². The van der Waals surface area contributed by atoms with Crippen LogP contribution in [-0.4, -0.2) is 50.1 Å². The predicted octanol–water partition coefficient (Wildman–Crippen LogP) is 2.27. The van der Waals surface area contributed by atoms with Gasteiger partial charge in [0, 0.05) is 6.54 Å². The van der Waals surface area contributed by atoms with Crippen molar-refractivity contribution < 1.29 is 27.9 Å². The van der Waals surface area contributed by atoms with Gasteiger partial charge in [-0.15, -0.1) is 0 Å². The van der Waals surface area contributed by atoms with Crippen LogP contribution >= 0.6 is 0 Å². The summed E-state index contributed by atoms with van der Waals surface area (Å²) < 4.78 is 28.4. The number of carboxylic acids is 1. The van der Waals surface area contributed by atoms with Crippen LogP contribution in [0.1, 0.15) is 17.5 Å². The molecule has 3 aromatic rings. The number of hydrogen-bond donors (Lipinski definition) is 4. The highest BCUT2D eigenvalue weighted by atomic mass is 32.2. The fourth-order valence-corrected chi connectivity index (χ4v) is 5.96. The normalized spacial score (nSPS) is 15.6. The largest absolute Gasteiger partial charge is 0.480 e. The predicted molar refractivity (Wildman–Crippen MR) is 141 cm³/mol. The quantitative estimate of drug-likeness (QED) is 0.330. The Morgan fingerprint density at radius 2 is 1.53 bits per heavy atom. The number of carbonyl (C=O) groups is 3. The van der Waals surface area contributed by atoms with Crippen molar-refractivity contribution in [2.45, 2.75) is 36.4 Å². The van der Waals surface area contributed by atoms with E-state index in [1.165, 1.54) is 12.1 Å². The fraction of sp³-hybridized carbons (Fsp3) is 0.222.